The first kappa shape index (κ1) is 17.5. The number of benzene rings is 1. The van der Waals surface area contributed by atoms with E-state index >= 15 is 0 Å². The van der Waals surface area contributed by atoms with E-state index in [0.717, 1.165) is 46.3 Å². The largest absolute Gasteiger partial charge is 0.473 e. The third kappa shape index (κ3) is 3.02. The van der Waals surface area contributed by atoms with E-state index in [-0.39, 0.29) is 6.10 Å². The standard InChI is InChI=1S/C21H22N8O/c1-29-23-11-19(28-29)15-4-5-16(21-17(15)10-22-27-21)18-6-7-20(26-25-18)30-14-8-12-2-3-13(9-14)24-12/h4-7,10-14,24H,2-3,8-9H2,1H3,(H,22,27). The SMILES string of the molecule is Cn1ncc(-c2ccc(-c3ccc(OC4CC5CCC(C4)N5)nn3)c3[nH]ncc23)n1. The normalized spacial score (nSPS) is 23.2. The molecule has 0 spiro atoms. The Morgan fingerprint density at radius 3 is 2.53 bits per heavy atom. The first-order valence-electron chi connectivity index (χ1n) is 10.3. The van der Waals surface area contributed by atoms with Gasteiger partial charge in [-0.2, -0.15) is 20.1 Å². The van der Waals surface area contributed by atoms with Crippen LogP contribution in [-0.4, -0.2) is 53.6 Å². The average molecular weight is 402 g/mol. The van der Waals surface area contributed by atoms with Crippen molar-refractivity contribution in [2.45, 2.75) is 43.9 Å². The molecule has 6 rings (SSSR count). The minimum atomic E-state index is 0.217. The summed E-state index contributed by atoms with van der Waals surface area (Å²) in [6.45, 7) is 0. The topological polar surface area (TPSA) is 106 Å². The first-order chi connectivity index (χ1) is 14.7. The number of hydrogen-bond donors (Lipinski definition) is 2. The van der Waals surface area contributed by atoms with Crippen molar-refractivity contribution in [2.24, 2.45) is 7.05 Å². The summed E-state index contributed by atoms with van der Waals surface area (Å²) in [5.41, 5.74) is 4.39. The summed E-state index contributed by atoms with van der Waals surface area (Å²) >= 11 is 0. The number of H-pyrrole nitrogens is 1. The Hall–Kier alpha value is -3.33. The Morgan fingerprint density at radius 1 is 0.967 bits per heavy atom. The van der Waals surface area contributed by atoms with Crippen molar-refractivity contribution < 1.29 is 4.74 Å². The maximum absolute atomic E-state index is 6.13. The number of rotatable bonds is 4. The summed E-state index contributed by atoms with van der Waals surface area (Å²) in [6.07, 6.45) is 8.35. The molecule has 9 nitrogen and oxygen atoms in total. The average Bonchev–Trinajstić information content (AvgIpc) is 3.48. The van der Waals surface area contributed by atoms with E-state index < -0.39 is 0 Å². The van der Waals surface area contributed by atoms with Crippen LogP contribution in [0, 0.1) is 0 Å². The van der Waals surface area contributed by atoms with Gasteiger partial charge in [-0.3, -0.25) is 5.10 Å². The van der Waals surface area contributed by atoms with Crippen molar-refractivity contribution in [2.75, 3.05) is 0 Å². The third-order valence-corrected chi connectivity index (χ3v) is 6.12. The number of aryl methyl sites for hydroxylation is 1. The van der Waals surface area contributed by atoms with E-state index in [4.69, 9.17) is 4.74 Å². The molecule has 30 heavy (non-hydrogen) atoms. The fourth-order valence-electron chi connectivity index (χ4n) is 4.74. The van der Waals surface area contributed by atoms with Gasteiger partial charge in [0.15, 0.2) is 0 Å². The van der Waals surface area contributed by atoms with E-state index in [2.05, 4.69) is 35.9 Å². The van der Waals surface area contributed by atoms with E-state index in [1.807, 2.05) is 24.3 Å². The van der Waals surface area contributed by atoms with Crippen LogP contribution in [0.4, 0.5) is 0 Å². The molecule has 2 aliphatic rings. The van der Waals surface area contributed by atoms with Gasteiger partial charge in [0.05, 0.1) is 23.6 Å². The fourth-order valence-corrected chi connectivity index (χ4v) is 4.74. The molecule has 0 aliphatic carbocycles. The predicted octanol–water partition coefficient (Wildman–Crippen LogP) is 2.48. The molecule has 2 saturated heterocycles. The van der Waals surface area contributed by atoms with Gasteiger partial charge < -0.3 is 10.1 Å². The van der Waals surface area contributed by atoms with Crippen molar-refractivity contribution in [3.05, 3.63) is 36.7 Å². The zero-order valence-electron chi connectivity index (χ0n) is 16.6. The second-order valence-electron chi connectivity index (χ2n) is 8.14. The second kappa shape index (κ2) is 6.88. The maximum Gasteiger partial charge on any atom is 0.233 e. The Labute approximate surface area is 172 Å². The zero-order valence-corrected chi connectivity index (χ0v) is 16.6. The van der Waals surface area contributed by atoms with Gasteiger partial charge in [-0.25, -0.2) is 0 Å². The number of nitrogens with one attached hydrogen (secondary N) is 2. The molecule has 2 unspecified atom stereocenters. The fraction of sp³-hybridized carbons (Fsp3) is 0.381. The third-order valence-electron chi connectivity index (χ3n) is 6.12. The van der Waals surface area contributed by atoms with Gasteiger partial charge in [0.25, 0.3) is 0 Å². The number of aromatic amines is 1. The molecule has 152 valence electrons. The number of hydrogen-bond acceptors (Lipinski definition) is 7. The Bertz CT molecular complexity index is 1190. The number of ether oxygens (including phenoxy) is 1. The highest BCUT2D eigenvalue weighted by molar-refractivity contribution is 6.01. The molecule has 0 saturated carbocycles. The van der Waals surface area contributed by atoms with Crippen LogP contribution in [0.25, 0.3) is 33.4 Å². The monoisotopic (exact) mass is 402 g/mol. The molecule has 2 atom stereocenters. The number of nitrogens with zero attached hydrogens (tertiary/aromatic N) is 6. The highest BCUT2D eigenvalue weighted by Gasteiger charge is 2.34. The molecule has 5 heterocycles. The molecule has 3 aromatic heterocycles. The van der Waals surface area contributed by atoms with E-state index in [0.29, 0.717) is 18.0 Å². The molecule has 2 N–H and O–H groups in total. The van der Waals surface area contributed by atoms with Crippen LogP contribution in [0.2, 0.25) is 0 Å². The highest BCUT2D eigenvalue weighted by Crippen LogP contribution is 2.33. The summed E-state index contributed by atoms with van der Waals surface area (Å²) in [6, 6.07) is 9.07. The lowest BCUT2D eigenvalue weighted by atomic mass is 10.0. The molecule has 0 radical (unpaired) electrons. The summed E-state index contributed by atoms with van der Waals surface area (Å²) < 4.78 is 6.13. The van der Waals surface area contributed by atoms with Crippen LogP contribution in [0.15, 0.2) is 36.7 Å². The van der Waals surface area contributed by atoms with Crippen LogP contribution < -0.4 is 10.1 Å². The van der Waals surface area contributed by atoms with E-state index in [1.54, 1.807) is 24.2 Å². The summed E-state index contributed by atoms with van der Waals surface area (Å²) in [7, 11) is 1.80. The van der Waals surface area contributed by atoms with Crippen molar-refractivity contribution in [1.29, 1.82) is 0 Å². The molecule has 2 aliphatic heterocycles. The quantitative estimate of drug-likeness (QED) is 0.540. The lowest BCUT2D eigenvalue weighted by Gasteiger charge is -2.28. The number of piperidine rings is 1. The molecule has 2 fully saturated rings. The lowest BCUT2D eigenvalue weighted by molar-refractivity contribution is 0.130. The lowest BCUT2D eigenvalue weighted by Crippen LogP contribution is -2.42. The second-order valence-corrected chi connectivity index (χ2v) is 8.14. The Kier molecular flexibility index (Phi) is 4.02. The van der Waals surface area contributed by atoms with Crippen LogP contribution in [0.3, 0.4) is 0 Å². The molecule has 4 aromatic rings. The van der Waals surface area contributed by atoms with E-state index in [1.165, 1.54) is 12.8 Å². The van der Waals surface area contributed by atoms with Crippen molar-refractivity contribution in [3.8, 4) is 28.4 Å². The van der Waals surface area contributed by atoms with Gasteiger partial charge in [-0.15, -0.1) is 10.2 Å². The van der Waals surface area contributed by atoms with Crippen LogP contribution in [0.5, 0.6) is 5.88 Å². The minimum Gasteiger partial charge on any atom is -0.473 e. The van der Waals surface area contributed by atoms with Gasteiger partial charge in [0.1, 0.15) is 11.8 Å². The van der Waals surface area contributed by atoms with E-state index in [9.17, 15) is 0 Å². The van der Waals surface area contributed by atoms with Gasteiger partial charge in [0, 0.05) is 41.7 Å². The number of fused-ring (bicyclic) bond motifs is 3. The molecular weight excluding hydrogens is 380 g/mol. The number of aromatic nitrogens is 7. The highest BCUT2D eigenvalue weighted by atomic mass is 16.5. The van der Waals surface area contributed by atoms with Crippen LogP contribution >= 0.6 is 0 Å². The Balaban J connectivity index is 1.27. The Morgan fingerprint density at radius 2 is 1.80 bits per heavy atom. The van der Waals surface area contributed by atoms with Crippen molar-refractivity contribution >= 4 is 10.9 Å². The predicted molar refractivity (Wildman–Crippen MR) is 111 cm³/mol. The molecule has 1 aromatic carbocycles. The van der Waals surface area contributed by atoms with Crippen LogP contribution in [-0.2, 0) is 7.05 Å². The minimum absolute atomic E-state index is 0.217. The van der Waals surface area contributed by atoms with Gasteiger partial charge >= 0.3 is 0 Å². The first-order valence-corrected chi connectivity index (χ1v) is 10.3. The molecule has 2 bridgehead atoms. The van der Waals surface area contributed by atoms with Crippen molar-refractivity contribution in [3.63, 3.8) is 0 Å². The summed E-state index contributed by atoms with van der Waals surface area (Å²) in [5, 5.41) is 29.3. The van der Waals surface area contributed by atoms with Gasteiger partial charge in [0.2, 0.25) is 5.88 Å². The molecular formula is C21H22N8O. The van der Waals surface area contributed by atoms with Crippen molar-refractivity contribution in [1.82, 2.24) is 40.7 Å². The zero-order chi connectivity index (χ0) is 20.1. The van der Waals surface area contributed by atoms with Gasteiger partial charge in [-0.1, -0.05) is 6.07 Å². The molecule has 0 amide bonds. The van der Waals surface area contributed by atoms with Crippen LogP contribution in [0.1, 0.15) is 25.7 Å². The maximum atomic E-state index is 6.13. The summed E-state index contributed by atoms with van der Waals surface area (Å²) in [5.74, 6) is 0.585. The summed E-state index contributed by atoms with van der Waals surface area (Å²) in [4.78, 5) is 1.55. The smallest absolute Gasteiger partial charge is 0.233 e. The van der Waals surface area contributed by atoms with Gasteiger partial charge in [-0.05, 0) is 37.8 Å². The molecule has 9 heteroatoms.